The quantitative estimate of drug-likeness (QED) is 0.666. The minimum atomic E-state index is -0.218. The van der Waals surface area contributed by atoms with E-state index in [2.05, 4.69) is 14.9 Å². The van der Waals surface area contributed by atoms with Crippen LogP contribution in [0.4, 0.5) is 0 Å². The lowest BCUT2D eigenvalue weighted by atomic mass is 10.2. The van der Waals surface area contributed by atoms with E-state index in [1.807, 2.05) is 21.0 Å². The number of fused-ring (bicyclic) bond motifs is 1. The lowest BCUT2D eigenvalue weighted by Crippen LogP contribution is -2.19. The van der Waals surface area contributed by atoms with E-state index in [0.717, 1.165) is 13.0 Å². The molecule has 132 valence electrons. The second kappa shape index (κ2) is 9.24. The molecule has 0 saturated carbocycles. The zero-order chi connectivity index (χ0) is 17.4. The summed E-state index contributed by atoms with van der Waals surface area (Å²) in [5, 5.41) is 0.445. The zero-order valence-corrected chi connectivity index (χ0v) is 14.5. The van der Waals surface area contributed by atoms with Gasteiger partial charge in [-0.15, -0.1) is 0 Å². The third-order valence-corrected chi connectivity index (χ3v) is 3.32. The molecule has 1 aromatic heterocycles. The van der Waals surface area contributed by atoms with Crippen molar-refractivity contribution in [3.8, 4) is 11.5 Å². The van der Waals surface area contributed by atoms with Crippen LogP contribution in [0.1, 0.15) is 13.3 Å². The van der Waals surface area contributed by atoms with Gasteiger partial charge in [0.05, 0.1) is 31.7 Å². The Labute approximate surface area is 141 Å². The Kier molecular flexibility index (Phi) is 7.02. The first-order chi connectivity index (χ1) is 11.6. The SMILES string of the molecule is CCCOc1cc(OCCOCCN(C)C)cc2nc[nH]c(=O)c12. The Balaban J connectivity index is 2.03. The van der Waals surface area contributed by atoms with E-state index in [9.17, 15) is 4.79 Å². The van der Waals surface area contributed by atoms with E-state index >= 15 is 0 Å². The van der Waals surface area contributed by atoms with E-state index in [0.29, 0.717) is 48.8 Å². The van der Waals surface area contributed by atoms with Crippen LogP contribution < -0.4 is 15.0 Å². The summed E-state index contributed by atoms with van der Waals surface area (Å²) < 4.78 is 16.9. The Bertz CT molecular complexity index is 700. The van der Waals surface area contributed by atoms with Gasteiger partial charge in [-0.2, -0.15) is 0 Å². The number of ether oxygens (including phenoxy) is 3. The number of hydrogen-bond acceptors (Lipinski definition) is 6. The van der Waals surface area contributed by atoms with Gasteiger partial charge in [-0.05, 0) is 20.5 Å². The highest BCUT2D eigenvalue weighted by atomic mass is 16.5. The average molecular weight is 335 g/mol. The molecule has 0 amide bonds. The van der Waals surface area contributed by atoms with Gasteiger partial charge in [0.2, 0.25) is 0 Å². The van der Waals surface area contributed by atoms with Gasteiger partial charge in [0.1, 0.15) is 23.5 Å². The van der Waals surface area contributed by atoms with Crippen molar-refractivity contribution in [1.29, 1.82) is 0 Å². The van der Waals surface area contributed by atoms with Crippen LogP contribution in [0.15, 0.2) is 23.3 Å². The number of nitrogens with zero attached hydrogens (tertiary/aromatic N) is 2. The Morgan fingerprint density at radius 1 is 1.12 bits per heavy atom. The maximum Gasteiger partial charge on any atom is 0.262 e. The topological polar surface area (TPSA) is 76.7 Å². The molecule has 7 heteroatoms. The van der Waals surface area contributed by atoms with Crippen LogP contribution in [0.3, 0.4) is 0 Å². The number of benzene rings is 1. The monoisotopic (exact) mass is 335 g/mol. The number of nitrogens with one attached hydrogen (secondary N) is 1. The lowest BCUT2D eigenvalue weighted by molar-refractivity contribution is 0.0889. The van der Waals surface area contributed by atoms with Gasteiger partial charge in [0, 0.05) is 18.7 Å². The molecule has 0 bridgehead atoms. The average Bonchev–Trinajstić information content (AvgIpc) is 2.55. The summed E-state index contributed by atoms with van der Waals surface area (Å²) in [6, 6.07) is 3.47. The summed E-state index contributed by atoms with van der Waals surface area (Å²) in [6.45, 7) is 5.00. The van der Waals surface area contributed by atoms with Crippen molar-refractivity contribution in [3.63, 3.8) is 0 Å². The van der Waals surface area contributed by atoms with Crippen LogP contribution in [0, 0.1) is 0 Å². The summed E-state index contributed by atoms with van der Waals surface area (Å²) in [7, 11) is 4.00. The van der Waals surface area contributed by atoms with Crippen molar-refractivity contribution in [3.05, 3.63) is 28.8 Å². The maximum absolute atomic E-state index is 12.0. The van der Waals surface area contributed by atoms with Crippen molar-refractivity contribution in [2.45, 2.75) is 13.3 Å². The predicted octanol–water partition coefficient (Wildman–Crippen LogP) is 1.67. The van der Waals surface area contributed by atoms with Gasteiger partial charge >= 0.3 is 0 Å². The fourth-order valence-corrected chi connectivity index (χ4v) is 2.12. The highest BCUT2D eigenvalue weighted by Crippen LogP contribution is 2.27. The highest BCUT2D eigenvalue weighted by molar-refractivity contribution is 5.85. The summed E-state index contributed by atoms with van der Waals surface area (Å²) in [5.41, 5.74) is 0.334. The molecule has 1 N–H and O–H groups in total. The number of rotatable bonds is 10. The van der Waals surface area contributed by atoms with Crippen LogP contribution in [-0.2, 0) is 4.74 Å². The highest BCUT2D eigenvalue weighted by Gasteiger charge is 2.11. The van der Waals surface area contributed by atoms with Crippen LogP contribution in [-0.4, -0.2) is 61.9 Å². The molecule has 1 heterocycles. The standard InChI is InChI=1S/C17H25N3O4/c1-4-6-24-15-11-13(23-9-8-22-7-5-20(2)3)10-14-16(15)17(21)19-12-18-14/h10-12H,4-9H2,1-3H3,(H,18,19,21). The molecule has 0 aliphatic heterocycles. The largest absolute Gasteiger partial charge is 0.493 e. The van der Waals surface area contributed by atoms with Crippen molar-refractivity contribution in [2.24, 2.45) is 0 Å². The lowest BCUT2D eigenvalue weighted by Gasteiger charge is -2.12. The van der Waals surface area contributed by atoms with Gasteiger partial charge in [0.15, 0.2) is 0 Å². The van der Waals surface area contributed by atoms with Crippen molar-refractivity contribution < 1.29 is 14.2 Å². The first-order valence-electron chi connectivity index (χ1n) is 8.11. The Morgan fingerprint density at radius 3 is 2.71 bits per heavy atom. The molecule has 0 radical (unpaired) electrons. The number of hydrogen-bond donors (Lipinski definition) is 1. The van der Waals surface area contributed by atoms with Gasteiger partial charge in [0.25, 0.3) is 5.56 Å². The van der Waals surface area contributed by atoms with Gasteiger partial charge in [-0.3, -0.25) is 4.79 Å². The summed E-state index contributed by atoms with van der Waals surface area (Å²) in [6.07, 6.45) is 2.23. The van der Waals surface area contributed by atoms with Crippen molar-refractivity contribution in [2.75, 3.05) is 47.1 Å². The Hall–Kier alpha value is -2.12. The third-order valence-electron chi connectivity index (χ3n) is 3.32. The van der Waals surface area contributed by atoms with Crippen LogP contribution >= 0.6 is 0 Å². The van der Waals surface area contributed by atoms with Gasteiger partial charge in [-0.25, -0.2) is 4.98 Å². The molecular weight excluding hydrogens is 310 g/mol. The molecule has 0 fully saturated rings. The van der Waals surface area contributed by atoms with E-state index < -0.39 is 0 Å². The fourth-order valence-electron chi connectivity index (χ4n) is 2.12. The van der Waals surface area contributed by atoms with Crippen molar-refractivity contribution >= 4 is 10.9 Å². The number of aromatic amines is 1. The second-order valence-electron chi connectivity index (χ2n) is 5.66. The molecule has 7 nitrogen and oxygen atoms in total. The van der Waals surface area contributed by atoms with Crippen LogP contribution in [0.5, 0.6) is 11.5 Å². The molecule has 0 spiro atoms. The normalized spacial score (nSPS) is 11.2. The van der Waals surface area contributed by atoms with E-state index in [1.165, 1.54) is 6.33 Å². The minimum absolute atomic E-state index is 0.218. The maximum atomic E-state index is 12.0. The molecule has 2 rings (SSSR count). The molecular formula is C17H25N3O4. The van der Waals surface area contributed by atoms with E-state index in [4.69, 9.17) is 14.2 Å². The summed E-state index contributed by atoms with van der Waals surface area (Å²) in [4.78, 5) is 20.9. The summed E-state index contributed by atoms with van der Waals surface area (Å²) >= 11 is 0. The smallest absolute Gasteiger partial charge is 0.262 e. The summed E-state index contributed by atoms with van der Waals surface area (Å²) in [5.74, 6) is 1.11. The minimum Gasteiger partial charge on any atom is -0.493 e. The first-order valence-corrected chi connectivity index (χ1v) is 8.11. The van der Waals surface area contributed by atoms with Crippen LogP contribution in [0.25, 0.3) is 10.9 Å². The molecule has 0 saturated heterocycles. The first kappa shape index (κ1) is 18.2. The molecule has 1 aromatic carbocycles. The van der Waals surface area contributed by atoms with Crippen LogP contribution in [0.2, 0.25) is 0 Å². The van der Waals surface area contributed by atoms with E-state index in [-0.39, 0.29) is 5.56 Å². The number of aromatic nitrogens is 2. The molecule has 0 aliphatic rings. The molecule has 0 atom stereocenters. The van der Waals surface area contributed by atoms with Crippen molar-refractivity contribution in [1.82, 2.24) is 14.9 Å². The third kappa shape index (κ3) is 5.21. The number of H-pyrrole nitrogens is 1. The van der Waals surface area contributed by atoms with Gasteiger partial charge < -0.3 is 24.1 Å². The number of likely N-dealkylation sites (N-methyl/N-ethyl adjacent to an activating group) is 1. The van der Waals surface area contributed by atoms with Gasteiger partial charge in [-0.1, -0.05) is 6.92 Å². The molecule has 0 aliphatic carbocycles. The molecule has 24 heavy (non-hydrogen) atoms. The molecule has 0 unspecified atom stereocenters. The fraction of sp³-hybridized carbons (Fsp3) is 0.529. The second-order valence-corrected chi connectivity index (χ2v) is 5.66. The van der Waals surface area contributed by atoms with E-state index in [1.54, 1.807) is 12.1 Å². The molecule has 2 aromatic rings. The predicted molar refractivity (Wildman–Crippen MR) is 93.0 cm³/mol. The Morgan fingerprint density at radius 2 is 1.96 bits per heavy atom. The zero-order valence-electron chi connectivity index (χ0n) is 14.5.